The maximum Gasteiger partial charge on any atom is 0.255 e. The molecule has 0 fully saturated rings. The van der Waals surface area contributed by atoms with Crippen molar-refractivity contribution in [2.45, 2.75) is 32.8 Å². The average molecular weight is 389 g/mol. The van der Waals surface area contributed by atoms with Gasteiger partial charge in [-0.3, -0.25) is 4.79 Å². The van der Waals surface area contributed by atoms with Crippen LogP contribution >= 0.6 is 0 Å². The van der Waals surface area contributed by atoms with Crippen LogP contribution in [-0.2, 0) is 12.0 Å². The number of ether oxygens (including phenoxy) is 2. The van der Waals surface area contributed by atoms with Gasteiger partial charge >= 0.3 is 0 Å². The van der Waals surface area contributed by atoms with Gasteiger partial charge in [-0.05, 0) is 52.9 Å². The van der Waals surface area contributed by atoms with Crippen molar-refractivity contribution in [3.05, 3.63) is 89.5 Å². The Labute approximate surface area is 172 Å². The number of anilines is 1. The van der Waals surface area contributed by atoms with Gasteiger partial charge in [-0.2, -0.15) is 0 Å². The largest absolute Gasteiger partial charge is 0.495 e. The van der Waals surface area contributed by atoms with Crippen LogP contribution in [0.1, 0.15) is 42.3 Å². The molecule has 0 saturated heterocycles. The van der Waals surface area contributed by atoms with E-state index in [1.54, 1.807) is 19.2 Å². The van der Waals surface area contributed by atoms with E-state index in [-0.39, 0.29) is 11.3 Å². The summed E-state index contributed by atoms with van der Waals surface area (Å²) < 4.78 is 11.1. The quantitative estimate of drug-likeness (QED) is 0.577. The molecule has 1 N–H and O–H groups in total. The van der Waals surface area contributed by atoms with E-state index in [4.69, 9.17) is 9.47 Å². The number of hydrogen-bond donors (Lipinski definition) is 1. The molecule has 0 heterocycles. The molecule has 150 valence electrons. The highest BCUT2D eigenvalue weighted by Gasteiger charge is 2.13. The summed E-state index contributed by atoms with van der Waals surface area (Å²) in [7, 11) is 1.58. The van der Waals surface area contributed by atoms with Gasteiger partial charge in [0.25, 0.3) is 5.91 Å². The van der Waals surface area contributed by atoms with E-state index in [1.165, 1.54) is 5.56 Å². The lowest BCUT2D eigenvalue weighted by atomic mass is 9.87. The summed E-state index contributed by atoms with van der Waals surface area (Å²) in [5.74, 6) is 1.28. The van der Waals surface area contributed by atoms with Gasteiger partial charge in [0.05, 0.1) is 12.8 Å². The van der Waals surface area contributed by atoms with Crippen LogP contribution in [-0.4, -0.2) is 13.0 Å². The Kier molecular flexibility index (Phi) is 6.23. The first-order valence-corrected chi connectivity index (χ1v) is 9.63. The lowest BCUT2D eigenvalue weighted by molar-refractivity contribution is 0.102. The monoisotopic (exact) mass is 389 g/mol. The summed E-state index contributed by atoms with van der Waals surface area (Å²) in [6.07, 6.45) is 0. The Bertz CT molecular complexity index is 955. The highest BCUT2D eigenvalue weighted by Crippen LogP contribution is 2.25. The third-order valence-corrected chi connectivity index (χ3v) is 4.70. The maximum atomic E-state index is 12.5. The van der Waals surface area contributed by atoms with E-state index in [1.807, 2.05) is 48.5 Å². The summed E-state index contributed by atoms with van der Waals surface area (Å²) in [6, 6.07) is 22.9. The zero-order chi connectivity index (χ0) is 20.9. The van der Waals surface area contributed by atoms with E-state index in [2.05, 4.69) is 38.2 Å². The molecule has 0 saturated carbocycles. The Hall–Kier alpha value is -3.27. The maximum absolute atomic E-state index is 12.5. The van der Waals surface area contributed by atoms with Crippen molar-refractivity contribution in [1.29, 1.82) is 0 Å². The normalized spacial score (nSPS) is 11.0. The average Bonchev–Trinajstić information content (AvgIpc) is 2.72. The summed E-state index contributed by atoms with van der Waals surface area (Å²) >= 11 is 0. The number of rotatable bonds is 6. The number of nitrogens with one attached hydrogen (secondary N) is 1. The minimum absolute atomic E-state index is 0.124. The molecule has 0 aliphatic heterocycles. The SMILES string of the molecule is COc1ccccc1NC(=O)c1ccc(COc2ccc(C(C)(C)C)cc2)cc1. The van der Waals surface area contributed by atoms with E-state index < -0.39 is 0 Å². The summed E-state index contributed by atoms with van der Waals surface area (Å²) in [5, 5.41) is 2.88. The van der Waals surface area contributed by atoms with Crippen molar-refractivity contribution in [2.24, 2.45) is 0 Å². The Morgan fingerprint density at radius 2 is 1.55 bits per heavy atom. The van der Waals surface area contributed by atoms with Crippen molar-refractivity contribution in [2.75, 3.05) is 12.4 Å². The fourth-order valence-electron chi connectivity index (χ4n) is 2.91. The molecule has 0 aliphatic carbocycles. The number of methoxy groups -OCH3 is 1. The summed E-state index contributed by atoms with van der Waals surface area (Å²) in [6.45, 7) is 7.01. The van der Waals surface area contributed by atoms with Crippen molar-refractivity contribution >= 4 is 11.6 Å². The number of amides is 1. The molecule has 4 nitrogen and oxygen atoms in total. The highest BCUT2D eigenvalue weighted by atomic mass is 16.5. The van der Waals surface area contributed by atoms with Gasteiger partial charge < -0.3 is 14.8 Å². The van der Waals surface area contributed by atoms with Crippen LogP contribution in [0.5, 0.6) is 11.5 Å². The van der Waals surface area contributed by atoms with E-state index in [0.717, 1.165) is 11.3 Å². The van der Waals surface area contributed by atoms with E-state index in [0.29, 0.717) is 23.6 Å². The molecule has 0 unspecified atom stereocenters. The van der Waals surface area contributed by atoms with Gasteiger partial charge in [-0.1, -0.05) is 57.2 Å². The summed E-state index contributed by atoms with van der Waals surface area (Å²) in [5.41, 5.74) is 3.62. The molecular formula is C25H27NO3. The van der Waals surface area contributed by atoms with Crippen molar-refractivity contribution in [3.63, 3.8) is 0 Å². The predicted molar refractivity (Wildman–Crippen MR) is 117 cm³/mol. The number of hydrogen-bond acceptors (Lipinski definition) is 3. The minimum Gasteiger partial charge on any atom is -0.495 e. The Morgan fingerprint density at radius 1 is 0.897 bits per heavy atom. The van der Waals surface area contributed by atoms with Gasteiger partial charge in [-0.25, -0.2) is 0 Å². The van der Waals surface area contributed by atoms with Crippen LogP contribution in [0, 0.1) is 0 Å². The molecular weight excluding hydrogens is 362 g/mol. The number of para-hydroxylation sites is 2. The van der Waals surface area contributed by atoms with Crippen LogP contribution in [0.3, 0.4) is 0 Å². The number of carbonyl (C=O) groups is 1. The fourth-order valence-corrected chi connectivity index (χ4v) is 2.91. The topological polar surface area (TPSA) is 47.6 Å². The molecule has 3 aromatic carbocycles. The lowest BCUT2D eigenvalue weighted by Gasteiger charge is -2.19. The van der Waals surface area contributed by atoms with Crippen LogP contribution in [0.2, 0.25) is 0 Å². The van der Waals surface area contributed by atoms with Gasteiger partial charge in [0, 0.05) is 5.56 Å². The fraction of sp³-hybridized carbons (Fsp3) is 0.240. The number of benzene rings is 3. The van der Waals surface area contributed by atoms with Crippen LogP contribution in [0.25, 0.3) is 0 Å². The molecule has 29 heavy (non-hydrogen) atoms. The highest BCUT2D eigenvalue weighted by molar-refractivity contribution is 6.05. The van der Waals surface area contributed by atoms with Crippen molar-refractivity contribution < 1.29 is 14.3 Å². The smallest absolute Gasteiger partial charge is 0.255 e. The molecule has 0 spiro atoms. The zero-order valence-electron chi connectivity index (χ0n) is 17.4. The van der Waals surface area contributed by atoms with Crippen LogP contribution < -0.4 is 14.8 Å². The third-order valence-electron chi connectivity index (χ3n) is 4.70. The second-order valence-electron chi connectivity index (χ2n) is 7.91. The lowest BCUT2D eigenvalue weighted by Crippen LogP contribution is -2.12. The predicted octanol–water partition coefficient (Wildman–Crippen LogP) is 5.82. The molecule has 0 aliphatic rings. The second kappa shape index (κ2) is 8.82. The van der Waals surface area contributed by atoms with Gasteiger partial charge in [0.2, 0.25) is 0 Å². The first-order chi connectivity index (χ1) is 13.9. The van der Waals surface area contributed by atoms with Gasteiger partial charge in [0.1, 0.15) is 18.1 Å². The molecule has 0 atom stereocenters. The van der Waals surface area contributed by atoms with Crippen molar-refractivity contribution in [3.8, 4) is 11.5 Å². The van der Waals surface area contributed by atoms with Crippen LogP contribution in [0.15, 0.2) is 72.8 Å². The molecule has 0 radical (unpaired) electrons. The first kappa shape index (κ1) is 20.5. The Balaban J connectivity index is 1.59. The van der Waals surface area contributed by atoms with Gasteiger partial charge in [-0.15, -0.1) is 0 Å². The standard InChI is InChI=1S/C25H27NO3/c1-25(2,3)20-13-15-21(16-14-20)29-17-18-9-11-19(12-10-18)24(27)26-22-7-5-6-8-23(22)28-4/h5-16H,17H2,1-4H3,(H,26,27). The Morgan fingerprint density at radius 3 is 2.17 bits per heavy atom. The summed E-state index contributed by atoms with van der Waals surface area (Å²) in [4.78, 5) is 12.5. The minimum atomic E-state index is -0.181. The second-order valence-corrected chi connectivity index (χ2v) is 7.91. The molecule has 4 heteroatoms. The molecule has 3 aromatic rings. The van der Waals surface area contributed by atoms with Crippen LogP contribution in [0.4, 0.5) is 5.69 Å². The third kappa shape index (κ3) is 5.38. The van der Waals surface area contributed by atoms with E-state index in [9.17, 15) is 4.79 Å². The molecule has 0 aromatic heterocycles. The van der Waals surface area contributed by atoms with E-state index >= 15 is 0 Å². The van der Waals surface area contributed by atoms with Gasteiger partial charge in [0.15, 0.2) is 0 Å². The van der Waals surface area contributed by atoms with Crippen molar-refractivity contribution in [1.82, 2.24) is 0 Å². The zero-order valence-corrected chi connectivity index (χ0v) is 17.4. The molecule has 0 bridgehead atoms. The molecule has 3 rings (SSSR count). The number of carbonyl (C=O) groups excluding carboxylic acids is 1. The molecule has 1 amide bonds. The first-order valence-electron chi connectivity index (χ1n) is 9.63.